The van der Waals surface area contributed by atoms with Gasteiger partial charge in [0.1, 0.15) is 23.9 Å². The average molecular weight is 918 g/mol. The molecule has 67 heavy (non-hydrogen) atoms. The molecule has 4 heterocycles. The van der Waals surface area contributed by atoms with Crippen LogP contribution in [0.5, 0.6) is 5.75 Å². The van der Waals surface area contributed by atoms with Crippen LogP contribution < -0.4 is 10.7 Å². The molecule has 6 bridgehead atoms. The Bertz CT molecular complexity index is 2570. The molecule has 3 aromatic carbocycles. The number of amides is 4. The van der Waals surface area contributed by atoms with Gasteiger partial charge in [-0.25, -0.2) is 5.43 Å². The molecule has 4 N–H and O–H groups in total. The van der Waals surface area contributed by atoms with E-state index in [0.717, 1.165) is 45.9 Å². The molecule has 7 rings (SSSR count). The standard InChI is InChI=1S/C52H67N7O8/c1-10-44(61)57-21-19-52(66,30-57)50(65)56(9)45(32(3)4)47(62)53-42-25-34-23-37(26-38(60)24-34)35-17-18-43-39(27-35)40(46(58(43)11-2)36-15-12-14-33(22-36)29-55(7)8)28-51(5,6)31-67-49(64)41-16-13-20-59(54-41)48(42)63/h10,12,14-15,17-18,22-24,26-27,32,41-42,45,54,60,66H,1,11,13,16,19-21,25,28-31H2,2-9H3,(H,53,62)/t41-,42-,45-,52?/m0/s1. The highest BCUT2D eigenvalue weighted by Crippen LogP contribution is 2.41. The van der Waals surface area contributed by atoms with E-state index in [9.17, 15) is 34.2 Å². The van der Waals surface area contributed by atoms with E-state index < -0.39 is 64.7 Å². The van der Waals surface area contributed by atoms with Crippen molar-refractivity contribution in [2.75, 3.05) is 47.4 Å². The van der Waals surface area contributed by atoms with E-state index in [1.807, 2.05) is 12.1 Å². The maximum Gasteiger partial charge on any atom is 0.324 e. The topological polar surface area (TPSA) is 177 Å². The van der Waals surface area contributed by atoms with Gasteiger partial charge in [-0.2, -0.15) is 0 Å². The zero-order valence-corrected chi connectivity index (χ0v) is 40.2. The molecule has 4 amide bonds. The lowest BCUT2D eigenvalue weighted by Crippen LogP contribution is -2.63. The van der Waals surface area contributed by atoms with E-state index in [2.05, 4.69) is 98.1 Å². The number of hydrazine groups is 1. The van der Waals surface area contributed by atoms with Crippen LogP contribution in [-0.2, 0) is 54.6 Å². The number of ether oxygens (including phenoxy) is 1. The quantitative estimate of drug-likeness (QED) is 0.125. The van der Waals surface area contributed by atoms with Gasteiger partial charge in [-0.1, -0.05) is 64.6 Å². The Balaban J connectivity index is 1.30. The predicted octanol–water partition coefficient (Wildman–Crippen LogP) is 5.04. The van der Waals surface area contributed by atoms with Gasteiger partial charge in [-0.05, 0) is 116 Å². The van der Waals surface area contributed by atoms with Gasteiger partial charge >= 0.3 is 5.97 Å². The third kappa shape index (κ3) is 10.4. The Kier molecular flexibility index (Phi) is 14.4. The Morgan fingerprint density at radius 1 is 1.01 bits per heavy atom. The van der Waals surface area contributed by atoms with Crippen molar-refractivity contribution in [3.8, 4) is 28.1 Å². The van der Waals surface area contributed by atoms with Gasteiger partial charge in [-0.3, -0.25) is 29.0 Å². The average Bonchev–Trinajstić information content (AvgIpc) is 3.84. The Labute approximate surface area is 393 Å². The maximum absolute atomic E-state index is 14.7. The van der Waals surface area contributed by atoms with E-state index >= 15 is 0 Å². The SMILES string of the molecule is C=CC(=O)N1CCC(O)(C(=O)N(C)[C@H](C(=O)N[C@H]2Cc3cc(O)cc(c3)-c3ccc4c(c3)c(c(-c3cccc(CN(C)C)c3)n4CC)CC(C)(C)COC(=O)[C@@H]3CCCN(N3)C2=O)C(C)C)C1. The maximum atomic E-state index is 14.7. The first-order chi connectivity index (χ1) is 31.7. The van der Waals surface area contributed by atoms with Crippen molar-refractivity contribution in [1.29, 1.82) is 0 Å². The van der Waals surface area contributed by atoms with Crippen LogP contribution in [0.1, 0.15) is 70.6 Å². The first-order valence-electron chi connectivity index (χ1n) is 23.4. The third-order valence-corrected chi connectivity index (χ3v) is 13.3. The number of β-amino-alcohol motifs (C(OH)–C–C–N with tert-alkyl or cyclic N) is 1. The molecule has 1 unspecified atom stereocenters. The summed E-state index contributed by atoms with van der Waals surface area (Å²) in [5.41, 5.74) is 8.30. The second-order valence-electron chi connectivity index (χ2n) is 20.0. The van der Waals surface area contributed by atoms with Crippen LogP contribution in [0, 0.1) is 11.3 Å². The number of fused-ring (bicyclic) bond motifs is 6. The molecule has 2 fully saturated rings. The van der Waals surface area contributed by atoms with E-state index in [1.54, 1.807) is 26.0 Å². The number of nitrogens with one attached hydrogen (secondary N) is 2. The summed E-state index contributed by atoms with van der Waals surface area (Å²) in [5, 5.41) is 28.1. The molecule has 0 radical (unpaired) electrons. The largest absolute Gasteiger partial charge is 0.508 e. The highest BCUT2D eigenvalue weighted by Gasteiger charge is 2.48. The molecular weight excluding hydrogens is 851 g/mol. The second-order valence-corrected chi connectivity index (χ2v) is 20.0. The number of aromatic nitrogens is 1. The summed E-state index contributed by atoms with van der Waals surface area (Å²) in [6.45, 7) is 15.1. The normalized spacial score (nSPS) is 21.5. The Hall–Kier alpha value is -6.03. The molecule has 358 valence electrons. The molecule has 4 atom stereocenters. The van der Waals surface area contributed by atoms with Crippen LogP contribution in [0.4, 0.5) is 0 Å². The number of esters is 1. The van der Waals surface area contributed by atoms with Gasteiger partial charge in [0.2, 0.25) is 11.8 Å². The molecule has 1 aromatic heterocycles. The summed E-state index contributed by atoms with van der Waals surface area (Å²) in [6, 6.07) is 16.9. The zero-order valence-electron chi connectivity index (χ0n) is 40.2. The summed E-state index contributed by atoms with van der Waals surface area (Å²) >= 11 is 0. The number of aryl methyl sites for hydroxylation is 1. The monoisotopic (exact) mass is 918 g/mol. The van der Waals surface area contributed by atoms with Gasteiger partial charge < -0.3 is 39.5 Å². The van der Waals surface area contributed by atoms with Crippen LogP contribution >= 0.6 is 0 Å². The molecule has 3 aliphatic rings. The zero-order chi connectivity index (χ0) is 48.5. The lowest BCUT2D eigenvalue weighted by molar-refractivity contribution is -0.156. The van der Waals surface area contributed by atoms with Crippen molar-refractivity contribution < 1.29 is 38.9 Å². The number of rotatable bonds is 10. The third-order valence-electron chi connectivity index (χ3n) is 13.3. The first kappa shape index (κ1) is 48.9. The van der Waals surface area contributed by atoms with Crippen molar-refractivity contribution in [1.82, 2.24) is 35.0 Å². The van der Waals surface area contributed by atoms with E-state index in [4.69, 9.17) is 4.74 Å². The van der Waals surface area contributed by atoms with Gasteiger partial charge in [0.25, 0.3) is 11.8 Å². The molecule has 15 heteroatoms. The minimum atomic E-state index is -1.92. The number of phenolic OH excluding ortho intramolecular Hbond substituents is 1. The van der Waals surface area contributed by atoms with Crippen molar-refractivity contribution >= 4 is 40.5 Å². The Morgan fingerprint density at radius 2 is 1.78 bits per heavy atom. The van der Waals surface area contributed by atoms with E-state index in [-0.39, 0.29) is 44.8 Å². The summed E-state index contributed by atoms with van der Waals surface area (Å²) in [4.78, 5) is 74.2. The molecule has 0 aliphatic carbocycles. The molecule has 3 aliphatic heterocycles. The lowest BCUT2D eigenvalue weighted by Gasteiger charge is -2.37. The predicted molar refractivity (Wildman–Crippen MR) is 257 cm³/mol. The summed E-state index contributed by atoms with van der Waals surface area (Å²) in [5.74, 6) is -3.27. The number of nitrogens with zero attached hydrogens (tertiary/aromatic N) is 5. The first-order valence-corrected chi connectivity index (χ1v) is 23.4. The number of carbonyl (C=O) groups is 5. The molecule has 15 nitrogen and oxygen atoms in total. The molecule has 0 spiro atoms. The number of hydrogen-bond acceptors (Lipinski definition) is 10. The molecular formula is C52H67N7O8. The Morgan fingerprint density at radius 3 is 2.48 bits per heavy atom. The van der Waals surface area contributed by atoms with Gasteiger partial charge in [0.15, 0.2) is 5.60 Å². The van der Waals surface area contributed by atoms with Crippen molar-refractivity contribution in [3.05, 3.63) is 90.0 Å². The van der Waals surface area contributed by atoms with Gasteiger partial charge in [0.05, 0.1) is 18.8 Å². The number of benzene rings is 3. The summed E-state index contributed by atoms with van der Waals surface area (Å²) < 4.78 is 8.44. The van der Waals surface area contributed by atoms with Gasteiger partial charge in [-0.15, -0.1) is 0 Å². The summed E-state index contributed by atoms with van der Waals surface area (Å²) in [6.07, 6.45) is 2.56. The highest BCUT2D eigenvalue weighted by atomic mass is 16.5. The van der Waals surface area contributed by atoms with E-state index in [1.165, 1.54) is 27.4 Å². The number of aliphatic hydroxyl groups is 1. The van der Waals surface area contributed by atoms with Crippen molar-refractivity contribution in [2.45, 2.75) is 104 Å². The smallest absolute Gasteiger partial charge is 0.324 e. The molecule has 4 aromatic rings. The van der Waals surface area contributed by atoms with Crippen molar-refractivity contribution in [3.63, 3.8) is 0 Å². The van der Waals surface area contributed by atoms with Crippen LogP contribution in [0.2, 0.25) is 0 Å². The number of phenols is 1. The van der Waals surface area contributed by atoms with Crippen LogP contribution in [0.15, 0.2) is 73.3 Å². The number of carbonyl (C=O) groups excluding carboxylic acids is 5. The minimum absolute atomic E-state index is 0.0182. The fraction of sp³-hybridized carbons (Fsp3) is 0.481. The highest BCUT2D eigenvalue weighted by molar-refractivity contribution is 5.97. The fourth-order valence-electron chi connectivity index (χ4n) is 10.1. The number of hydrogen-bond donors (Lipinski definition) is 4. The van der Waals surface area contributed by atoms with Crippen LogP contribution in [0.3, 0.4) is 0 Å². The van der Waals surface area contributed by atoms with Crippen LogP contribution in [0.25, 0.3) is 33.3 Å². The lowest BCUT2D eigenvalue weighted by atomic mass is 9.84. The van der Waals surface area contributed by atoms with Gasteiger partial charge in [0, 0.05) is 62.4 Å². The summed E-state index contributed by atoms with van der Waals surface area (Å²) in [7, 11) is 5.54. The number of cyclic esters (lactones) is 1. The molecule has 0 saturated carbocycles. The second kappa shape index (κ2) is 19.7. The van der Waals surface area contributed by atoms with Crippen molar-refractivity contribution in [2.24, 2.45) is 11.3 Å². The number of aromatic hydroxyl groups is 1. The number of likely N-dealkylation sites (tertiary alicyclic amines) is 1. The fourth-order valence-corrected chi connectivity index (χ4v) is 10.1. The van der Waals surface area contributed by atoms with Crippen LogP contribution in [-0.4, -0.2) is 135 Å². The minimum Gasteiger partial charge on any atom is -0.508 e. The molecule has 2 saturated heterocycles. The van der Waals surface area contributed by atoms with E-state index in [0.29, 0.717) is 36.9 Å². The number of likely N-dealkylation sites (N-methyl/N-ethyl adjacent to an activating group) is 1.